The monoisotopic (exact) mass is 404 g/mol. The van der Waals surface area contributed by atoms with Gasteiger partial charge in [0, 0.05) is 64.8 Å². The average Bonchev–Trinajstić information content (AvgIpc) is 2.74. The number of rotatable bonds is 4. The highest BCUT2D eigenvalue weighted by atomic mass is 19.1. The van der Waals surface area contributed by atoms with Gasteiger partial charge in [-0.15, -0.1) is 0 Å². The number of piperidine rings is 2. The van der Waals surface area contributed by atoms with Crippen molar-refractivity contribution < 1.29 is 14.0 Å². The SMILES string of the molecule is CN(C)C(=O)N1CCC(C(=O)N(C)[C@H]2CCCN(Cc3ccccc3F)C2)CC1. The summed E-state index contributed by atoms with van der Waals surface area (Å²) in [5, 5.41) is 0. The average molecular weight is 405 g/mol. The Kier molecular flexibility index (Phi) is 7.11. The molecule has 2 aliphatic heterocycles. The smallest absolute Gasteiger partial charge is 0.319 e. The van der Waals surface area contributed by atoms with Crippen molar-refractivity contribution in [3.05, 3.63) is 35.6 Å². The van der Waals surface area contributed by atoms with Gasteiger partial charge in [0.1, 0.15) is 5.82 Å². The number of halogens is 1. The fraction of sp³-hybridized carbons (Fsp3) is 0.636. The lowest BCUT2D eigenvalue weighted by Crippen LogP contribution is -2.51. The molecule has 0 aliphatic carbocycles. The van der Waals surface area contributed by atoms with Crippen LogP contribution in [0.25, 0.3) is 0 Å². The van der Waals surface area contributed by atoms with E-state index >= 15 is 0 Å². The predicted octanol–water partition coefficient (Wildman–Crippen LogP) is 2.64. The number of amides is 3. The Balaban J connectivity index is 1.53. The molecule has 0 bridgehead atoms. The third-order valence-corrected chi connectivity index (χ3v) is 6.23. The van der Waals surface area contributed by atoms with Crippen molar-refractivity contribution in [3.8, 4) is 0 Å². The summed E-state index contributed by atoms with van der Waals surface area (Å²) in [6.07, 6.45) is 3.42. The van der Waals surface area contributed by atoms with Crippen LogP contribution in [0.3, 0.4) is 0 Å². The van der Waals surface area contributed by atoms with E-state index in [1.54, 1.807) is 25.1 Å². The first kappa shape index (κ1) is 21.6. The Labute approximate surface area is 173 Å². The molecule has 2 saturated heterocycles. The summed E-state index contributed by atoms with van der Waals surface area (Å²) in [5.74, 6) is -0.00839. The molecule has 2 heterocycles. The van der Waals surface area contributed by atoms with Crippen LogP contribution in [0.15, 0.2) is 24.3 Å². The fourth-order valence-corrected chi connectivity index (χ4v) is 4.43. The van der Waals surface area contributed by atoms with Crippen molar-refractivity contribution in [3.63, 3.8) is 0 Å². The molecule has 2 fully saturated rings. The number of likely N-dealkylation sites (tertiary alicyclic amines) is 2. The Morgan fingerprint density at radius 3 is 2.41 bits per heavy atom. The van der Waals surface area contributed by atoms with Crippen molar-refractivity contribution in [2.45, 2.75) is 38.3 Å². The molecule has 7 heteroatoms. The highest BCUT2D eigenvalue weighted by Gasteiger charge is 2.33. The molecule has 0 radical (unpaired) electrons. The number of hydrogen-bond acceptors (Lipinski definition) is 3. The van der Waals surface area contributed by atoms with Crippen LogP contribution in [-0.2, 0) is 11.3 Å². The Hall–Kier alpha value is -2.15. The summed E-state index contributed by atoms with van der Waals surface area (Å²) in [6.45, 7) is 3.54. The lowest BCUT2D eigenvalue weighted by atomic mass is 9.94. The predicted molar refractivity (Wildman–Crippen MR) is 111 cm³/mol. The van der Waals surface area contributed by atoms with Crippen molar-refractivity contribution in [2.24, 2.45) is 5.92 Å². The molecule has 0 aromatic heterocycles. The standard InChI is InChI=1S/C22H33FN4O2/c1-24(2)22(29)27-13-10-17(11-14-27)21(28)25(3)19-8-6-12-26(16-19)15-18-7-4-5-9-20(18)23/h4-5,7,9,17,19H,6,8,10-16H2,1-3H3/t19-/m0/s1. The van der Waals surface area contributed by atoms with E-state index in [0.717, 1.165) is 25.9 Å². The van der Waals surface area contributed by atoms with Gasteiger partial charge in [-0.2, -0.15) is 0 Å². The minimum atomic E-state index is -0.168. The third-order valence-electron chi connectivity index (χ3n) is 6.23. The van der Waals surface area contributed by atoms with Gasteiger partial charge < -0.3 is 14.7 Å². The molecular weight excluding hydrogens is 371 g/mol. The van der Waals surface area contributed by atoms with E-state index < -0.39 is 0 Å². The fourth-order valence-electron chi connectivity index (χ4n) is 4.43. The van der Waals surface area contributed by atoms with E-state index in [9.17, 15) is 14.0 Å². The number of benzene rings is 1. The van der Waals surface area contributed by atoms with Crippen LogP contribution < -0.4 is 0 Å². The zero-order valence-electron chi connectivity index (χ0n) is 17.8. The molecule has 1 atom stereocenters. The molecule has 2 aliphatic rings. The van der Waals surface area contributed by atoms with Crippen LogP contribution >= 0.6 is 0 Å². The zero-order chi connectivity index (χ0) is 21.0. The second-order valence-corrected chi connectivity index (χ2v) is 8.51. The van der Waals surface area contributed by atoms with Crippen molar-refractivity contribution in [1.29, 1.82) is 0 Å². The second kappa shape index (κ2) is 9.57. The van der Waals surface area contributed by atoms with Crippen LogP contribution in [0.1, 0.15) is 31.2 Å². The highest BCUT2D eigenvalue weighted by molar-refractivity contribution is 5.80. The third kappa shape index (κ3) is 5.26. The Morgan fingerprint density at radius 2 is 1.76 bits per heavy atom. The summed E-state index contributed by atoms with van der Waals surface area (Å²) < 4.78 is 14.0. The van der Waals surface area contributed by atoms with Crippen molar-refractivity contribution in [2.75, 3.05) is 47.3 Å². The van der Waals surface area contributed by atoms with Gasteiger partial charge in [0.15, 0.2) is 0 Å². The normalized spacial score (nSPS) is 21.1. The van der Waals surface area contributed by atoms with Gasteiger partial charge in [-0.1, -0.05) is 18.2 Å². The molecule has 1 aromatic carbocycles. The van der Waals surface area contributed by atoms with E-state index in [1.165, 1.54) is 6.07 Å². The van der Waals surface area contributed by atoms with Gasteiger partial charge in [0.25, 0.3) is 0 Å². The number of likely N-dealkylation sites (N-methyl/N-ethyl adjacent to an activating group) is 1. The molecule has 1 aromatic rings. The number of urea groups is 1. The first-order chi connectivity index (χ1) is 13.9. The van der Waals surface area contributed by atoms with Crippen LogP contribution in [0.2, 0.25) is 0 Å². The van der Waals surface area contributed by atoms with Gasteiger partial charge in [-0.25, -0.2) is 9.18 Å². The molecule has 3 amide bonds. The van der Waals surface area contributed by atoms with Gasteiger partial charge in [-0.3, -0.25) is 9.69 Å². The topological polar surface area (TPSA) is 47.1 Å². The summed E-state index contributed by atoms with van der Waals surface area (Å²) >= 11 is 0. The quantitative estimate of drug-likeness (QED) is 0.775. The lowest BCUT2D eigenvalue weighted by molar-refractivity contribution is -0.138. The van der Waals surface area contributed by atoms with E-state index in [1.807, 2.05) is 29.0 Å². The molecule has 0 N–H and O–H groups in total. The molecule has 6 nitrogen and oxygen atoms in total. The zero-order valence-corrected chi connectivity index (χ0v) is 17.8. The Bertz CT molecular complexity index is 719. The maximum absolute atomic E-state index is 14.0. The van der Waals surface area contributed by atoms with Gasteiger partial charge >= 0.3 is 6.03 Å². The van der Waals surface area contributed by atoms with E-state index in [4.69, 9.17) is 0 Å². The van der Waals surface area contributed by atoms with Crippen LogP contribution in [0, 0.1) is 11.7 Å². The van der Waals surface area contributed by atoms with Crippen LogP contribution in [0.5, 0.6) is 0 Å². The first-order valence-electron chi connectivity index (χ1n) is 10.6. The molecule has 29 heavy (non-hydrogen) atoms. The molecule has 0 saturated carbocycles. The van der Waals surface area contributed by atoms with Crippen LogP contribution in [-0.4, -0.2) is 84.9 Å². The minimum absolute atomic E-state index is 0.0142. The highest BCUT2D eigenvalue weighted by Crippen LogP contribution is 2.24. The summed E-state index contributed by atoms with van der Waals surface area (Å²) in [5.41, 5.74) is 0.708. The lowest BCUT2D eigenvalue weighted by Gasteiger charge is -2.40. The summed E-state index contributed by atoms with van der Waals surface area (Å²) in [6, 6.07) is 7.07. The largest absolute Gasteiger partial charge is 0.341 e. The Morgan fingerprint density at radius 1 is 1.07 bits per heavy atom. The number of nitrogens with zero attached hydrogens (tertiary/aromatic N) is 4. The first-order valence-corrected chi connectivity index (χ1v) is 10.6. The number of hydrogen-bond donors (Lipinski definition) is 0. The second-order valence-electron chi connectivity index (χ2n) is 8.51. The molecular formula is C22H33FN4O2. The minimum Gasteiger partial charge on any atom is -0.341 e. The molecule has 3 rings (SSSR count). The molecule has 0 spiro atoms. The number of carbonyl (C=O) groups excluding carboxylic acids is 2. The maximum atomic E-state index is 14.0. The van der Waals surface area contributed by atoms with E-state index in [0.29, 0.717) is 38.0 Å². The summed E-state index contributed by atoms with van der Waals surface area (Å²) in [4.78, 5) is 32.7. The molecule has 0 unspecified atom stereocenters. The molecule has 160 valence electrons. The van der Waals surface area contributed by atoms with E-state index in [-0.39, 0.29) is 29.7 Å². The number of carbonyl (C=O) groups is 2. The van der Waals surface area contributed by atoms with Crippen molar-refractivity contribution >= 4 is 11.9 Å². The summed E-state index contributed by atoms with van der Waals surface area (Å²) in [7, 11) is 5.41. The van der Waals surface area contributed by atoms with Gasteiger partial charge in [0.05, 0.1) is 0 Å². The van der Waals surface area contributed by atoms with Crippen LogP contribution in [0.4, 0.5) is 9.18 Å². The van der Waals surface area contributed by atoms with E-state index in [2.05, 4.69) is 4.90 Å². The van der Waals surface area contributed by atoms with Crippen molar-refractivity contribution in [1.82, 2.24) is 19.6 Å². The van der Waals surface area contributed by atoms with Gasteiger partial charge in [-0.05, 0) is 38.3 Å². The van der Waals surface area contributed by atoms with Gasteiger partial charge in [0.2, 0.25) is 5.91 Å². The maximum Gasteiger partial charge on any atom is 0.319 e.